The van der Waals surface area contributed by atoms with Gasteiger partial charge in [-0.15, -0.1) is 0 Å². The van der Waals surface area contributed by atoms with Crippen LogP contribution in [0.5, 0.6) is 0 Å². The van der Waals surface area contributed by atoms with Crippen LogP contribution in [0.4, 0.5) is 5.95 Å². The number of hydrogen-bond acceptors (Lipinski definition) is 5. The lowest BCUT2D eigenvalue weighted by Crippen LogP contribution is -2.28. The van der Waals surface area contributed by atoms with Gasteiger partial charge in [-0.05, 0) is 60.7 Å². The Morgan fingerprint density at radius 1 is 1.15 bits per heavy atom. The average molecular weight is 381 g/mol. The summed E-state index contributed by atoms with van der Waals surface area (Å²) >= 11 is 6.16. The lowest BCUT2D eigenvalue weighted by Gasteiger charge is -2.26. The summed E-state index contributed by atoms with van der Waals surface area (Å²) in [5, 5.41) is 13.0. The van der Waals surface area contributed by atoms with Gasteiger partial charge in [0.15, 0.2) is 0 Å². The predicted molar refractivity (Wildman–Crippen MR) is 103 cm³/mol. The second kappa shape index (κ2) is 7.32. The molecule has 2 N–H and O–H groups in total. The van der Waals surface area contributed by atoms with Gasteiger partial charge in [-0.1, -0.05) is 17.7 Å². The summed E-state index contributed by atoms with van der Waals surface area (Å²) in [5.74, 6) is -0.382. The second-order valence-corrected chi connectivity index (χ2v) is 6.84. The van der Waals surface area contributed by atoms with Crippen molar-refractivity contribution in [3.05, 3.63) is 70.6 Å². The number of halogens is 1. The third kappa shape index (κ3) is 3.75. The van der Waals surface area contributed by atoms with Crippen molar-refractivity contribution in [3.8, 4) is 11.3 Å². The Hall–Kier alpha value is -2.99. The fourth-order valence-corrected chi connectivity index (χ4v) is 3.57. The number of carboxylic acid groups (broad SMARTS) is 1. The van der Waals surface area contributed by atoms with E-state index in [1.807, 2.05) is 18.2 Å². The van der Waals surface area contributed by atoms with Crippen LogP contribution in [-0.2, 0) is 12.8 Å². The maximum Gasteiger partial charge on any atom is 0.335 e. The third-order valence-electron chi connectivity index (χ3n) is 4.71. The number of benzene rings is 1. The lowest BCUT2D eigenvalue weighted by molar-refractivity contribution is 0.0696. The minimum atomic E-state index is -0.905. The fourth-order valence-electron chi connectivity index (χ4n) is 3.35. The molecule has 0 saturated carbocycles. The minimum absolute atomic E-state index is 0.140. The smallest absolute Gasteiger partial charge is 0.335 e. The van der Waals surface area contributed by atoms with Crippen LogP contribution in [-0.4, -0.2) is 32.1 Å². The first-order chi connectivity index (χ1) is 13.1. The molecule has 136 valence electrons. The highest BCUT2D eigenvalue weighted by Gasteiger charge is 2.20. The summed E-state index contributed by atoms with van der Waals surface area (Å²) in [5.41, 5.74) is 4.04. The number of rotatable bonds is 4. The summed E-state index contributed by atoms with van der Waals surface area (Å²) in [7, 11) is 0. The number of fused-ring (bicyclic) bond motifs is 1. The molecule has 1 atom stereocenters. The molecule has 0 saturated heterocycles. The molecule has 7 heteroatoms. The van der Waals surface area contributed by atoms with Crippen LogP contribution in [0.2, 0.25) is 5.15 Å². The molecule has 4 rings (SSSR count). The lowest BCUT2D eigenvalue weighted by atomic mass is 9.87. The topological polar surface area (TPSA) is 88.0 Å². The molecule has 0 spiro atoms. The zero-order chi connectivity index (χ0) is 18.8. The van der Waals surface area contributed by atoms with E-state index in [1.165, 1.54) is 5.56 Å². The van der Waals surface area contributed by atoms with Crippen molar-refractivity contribution >= 4 is 23.5 Å². The van der Waals surface area contributed by atoms with E-state index in [0.717, 1.165) is 30.4 Å². The molecule has 0 aliphatic heterocycles. The van der Waals surface area contributed by atoms with Crippen molar-refractivity contribution < 1.29 is 9.90 Å². The Kier molecular flexibility index (Phi) is 4.73. The summed E-state index contributed by atoms with van der Waals surface area (Å²) in [4.78, 5) is 24.2. The summed E-state index contributed by atoms with van der Waals surface area (Å²) in [6, 6.07) is 11.0. The maximum atomic E-state index is 11.2. The van der Waals surface area contributed by atoms with Gasteiger partial charge in [0.1, 0.15) is 5.15 Å². The SMILES string of the molecule is O=C(O)c1ccc2c(c1)CC(Nc1nccc(-c3cccnc3Cl)n1)CC2. The number of anilines is 1. The second-order valence-electron chi connectivity index (χ2n) is 6.48. The highest BCUT2D eigenvalue weighted by atomic mass is 35.5. The van der Waals surface area contributed by atoms with Gasteiger partial charge in [0, 0.05) is 24.0 Å². The van der Waals surface area contributed by atoms with E-state index in [4.69, 9.17) is 11.6 Å². The molecule has 1 aliphatic rings. The summed E-state index contributed by atoms with van der Waals surface area (Å²) < 4.78 is 0. The molecule has 1 unspecified atom stereocenters. The first-order valence-electron chi connectivity index (χ1n) is 8.66. The van der Waals surface area contributed by atoms with Crippen LogP contribution < -0.4 is 5.32 Å². The fraction of sp³-hybridized carbons (Fsp3) is 0.200. The molecule has 1 aliphatic carbocycles. The molecule has 0 radical (unpaired) electrons. The first-order valence-corrected chi connectivity index (χ1v) is 9.03. The molecule has 1 aromatic carbocycles. The zero-order valence-electron chi connectivity index (χ0n) is 14.4. The number of carbonyl (C=O) groups is 1. The number of aryl methyl sites for hydroxylation is 1. The van der Waals surface area contributed by atoms with E-state index < -0.39 is 5.97 Å². The molecule has 0 bridgehead atoms. The Balaban J connectivity index is 1.54. The third-order valence-corrected chi connectivity index (χ3v) is 5.01. The van der Waals surface area contributed by atoms with Crippen LogP contribution >= 0.6 is 11.6 Å². The van der Waals surface area contributed by atoms with E-state index in [0.29, 0.717) is 22.4 Å². The van der Waals surface area contributed by atoms with Crippen molar-refractivity contribution in [2.24, 2.45) is 0 Å². The van der Waals surface area contributed by atoms with Gasteiger partial charge in [0.2, 0.25) is 5.95 Å². The van der Waals surface area contributed by atoms with Crippen molar-refractivity contribution in [2.75, 3.05) is 5.32 Å². The van der Waals surface area contributed by atoms with Crippen LogP contribution in [0, 0.1) is 0 Å². The van der Waals surface area contributed by atoms with Gasteiger partial charge in [-0.25, -0.2) is 19.7 Å². The van der Waals surface area contributed by atoms with E-state index in [9.17, 15) is 9.90 Å². The number of aromatic nitrogens is 3. The number of pyridine rings is 1. The predicted octanol–water partition coefficient (Wildman–Crippen LogP) is 3.86. The Labute approximate surface area is 161 Å². The molecular weight excluding hydrogens is 364 g/mol. The number of carboxylic acids is 1. The Bertz CT molecular complexity index is 1010. The Morgan fingerprint density at radius 3 is 2.85 bits per heavy atom. The number of hydrogen-bond donors (Lipinski definition) is 2. The van der Waals surface area contributed by atoms with Crippen LogP contribution in [0.1, 0.15) is 27.9 Å². The largest absolute Gasteiger partial charge is 0.478 e. The zero-order valence-corrected chi connectivity index (χ0v) is 15.1. The molecule has 27 heavy (non-hydrogen) atoms. The highest BCUT2D eigenvalue weighted by Crippen LogP contribution is 2.26. The van der Waals surface area contributed by atoms with Crippen LogP contribution in [0.25, 0.3) is 11.3 Å². The average Bonchev–Trinajstić information content (AvgIpc) is 2.68. The maximum absolute atomic E-state index is 11.2. The van der Waals surface area contributed by atoms with E-state index in [-0.39, 0.29) is 6.04 Å². The van der Waals surface area contributed by atoms with Crippen molar-refractivity contribution in [1.82, 2.24) is 15.0 Å². The van der Waals surface area contributed by atoms with Gasteiger partial charge in [-0.3, -0.25) is 0 Å². The van der Waals surface area contributed by atoms with Crippen LogP contribution in [0.15, 0.2) is 48.8 Å². The van der Waals surface area contributed by atoms with E-state index in [1.54, 1.807) is 30.6 Å². The number of aromatic carboxylic acids is 1. The molecular formula is C20H17ClN4O2. The highest BCUT2D eigenvalue weighted by molar-refractivity contribution is 6.32. The van der Waals surface area contributed by atoms with Crippen LogP contribution in [0.3, 0.4) is 0 Å². The van der Waals surface area contributed by atoms with Gasteiger partial charge >= 0.3 is 5.97 Å². The first kappa shape index (κ1) is 17.4. The Morgan fingerprint density at radius 2 is 2.04 bits per heavy atom. The minimum Gasteiger partial charge on any atom is -0.478 e. The summed E-state index contributed by atoms with van der Waals surface area (Å²) in [6.07, 6.45) is 5.88. The van der Waals surface area contributed by atoms with Gasteiger partial charge in [-0.2, -0.15) is 0 Å². The van der Waals surface area contributed by atoms with Gasteiger partial charge in [0.25, 0.3) is 0 Å². The monoisotopic (exact) mass is 380 g/mol. The van der Waals surface area contributed by atoms with Crippen molar-refractivity contribution in [2.45, 2.75) is 25.3 Å². The number of nitrogens with zero attached hydrogens (tertiary/aromatic N) is 3. The molecule has 3 aromatic rings. The van der Waals surface area contributed by atoms with Gasteiger partial charge < -0.3 is 10.4 Å². The molecule has 6 nitrogen and oxygen atoms in total. The van der Waals surface area contributed by atoms with E-state index in [2.05, 4.69) is 20.3 Å². The molecule has 0 amide bonds. The summed E-state index contributed by atoms with van der Waals surface area (Å²) in [6.45, 7) is 0. The number of nitrogens with one attached hydrogen (secondary N) is 1. The van der Waals surface area contributed by atoms with Crippen molar-refractivity contribution in [3.63, 3.8) is 0 Å². The van der Waals surface area contributed by atoms with Gasteiger partial charge in [0.05, 0.1) is 11.3 Å². The molecule has 2 heterocycles. The normalized spacial score (nSPS) is 15.8. The van der Waals surface area contributed by atoms with E-state index >= 15 is 0 Å². The molecule has 2 aromatic heterocycles. The molecule has 0 fully saturated rings. The van der Waals surface area contributed by atoms with Crippen molar-refractivity contribution in [1.29, 1.82) is 0 Å². The quantitative estimate of drug-likeness (QED) is 0.668. The standard InChI is InChI=1S/C20H17ClN4O2/c21-18-16(2-1-8-22-18)17-7-9-23-20(25-17)24-15-6-5-12-3-4-13(19(26)27)10-14(12)11-15/h1-4,7-10,15H,5-6,11H2,(H,26,27)(H,23,24,25).